The van der Waals surface area contributed by atoms with Gasteiger partial charge >= 0.3 is 0 Å². The molecule has 1 aromatic carbocycles. The van der Waals surface area contributed by atoms with Crippen molar-refractivity contribution in [3.63, 3.8) is 0 Å². The lowest BCUT2D eigenvalue weighted by atomic mass is 10.2. The molecule has 0 fully saturated rings. The first kappa shape index (κ1) is 11.1. The maximum Gasteiger partial charge on any atom is 0.138 e. The van der Waals surface area contributed by atoms with E-state index in [4.69, 9.17) is 5.73 Å². The summed E-state index contributed by atoms with van der Waals surface area (Å²) >= 11 is 4.04. The van der Waals surface area contributed by atoms with Crippen molar-refractivity contribution in [2.75, 3.05) is 5.73 Å². The summed E-state index contributed by atoms with van der Waals surface area (Å²) < 4.78 is 16.4. The van der Waals surface area contributed by atoms with E-state index in [1.54, 1.807) is 23.1 Å². The molecule has 0 spiro atoms. The molecule has 78 valence electrons. The van der Waals surface area contributed by atoms with Gasteiger partial charge in [-0.05, 0) is 51.2 Å². The first-order valence-electron chi connectivity index (χ1n) is 4.03. The number of halogens is 3. The number of aromatic nitrogens is 2. The summed E-state index contributed by atoms with van der Waals surface area (Å²) in [5.41, 5.74) is 6.88. The SMILES string of the molecule is Nc1cc(I)c(F)cc1-n1cc(I)cn1. The molecular formula is C9H6FI2N3. The van der Waals surface area contributed by atoms with Gasteiger partial charge in [-0.15, -0.1) is 0 Å². The van der Waals surface area contributed by atoms with E-state index >= 15 is 0 Å². The van der Waals surface area contributed by atoms with Crippen LogP contribution in [0.4, 0.5) is 10.1 Å². The van der Waals surface area contributed by atoms with E-state index in [0.29, 0.717) is 14.9 Å². The Balaban J connectivity index is 2.58. The van der Waals surface area contributed by atoms with E-state index in [9.17, 15) is 4.39 Å². The monoisotopic (exact) mass is 429 g/mol. The zero-order valence-electron chi connectivity index (χ0n) is 7.42. The first-order chi connectivity index (χ1) is 7.08. The maximum atomic E-state index is 13.3. The minimum absolute atomic E-state index is 0.287. The number of benzene rings is 1. The van der Waals surface area contributed by atoms with Gasteiger partial charge in [-0.2, -0.15) is 5.10 Å². The number of anilines is 1. The Kier molecular flexibility index (Phi) is 3.14. The second-order valence-electron chi connectivity index (χ2n) is 2.93. The maximum absolute atomic E-state index is 13.3. The minimum atomic E-state index is -0.287. The quantitative estimate of drug-likeness (QED) is 0.560. The van der Waals surface area contributed by atoms with Crippen LogP contribution in [0.5, 0.6) is 0 Å². The Bertz CT molecular complexity index is 510. The topological polar surface area (TPSA) is 43.8 Å². The molecule has 2 rings (SSSR count). The molecular weight excluding hydrogens is 423 g/mol. The highest BCUT2D eigenvalue weighted by Gasteiger charge is 2.08. The van der Waals surface area contributed by atoms with Crippen LogP contribution in [-0.4, -0.2) is 9.78 Å². The van der Waals surface area contributed by atoms with Crippen LogP contribution in [0, 0.1) is 13.0 Å². The highest BCUT2D eigenvalue weighted by Crippen LogP contribution is 2.22. The molecule has 0 unspecified atom stereocenters. The molecule has 1 aromatic heterocycles. The van der Waals surface area contributed by atoms with Crippen LogP contribution in [0.2, 0.25) is 0 Å². The molecule has 0 aliphatic rings. The van der Waals surface area contributed by atoms with Crippen LogP contribution in [0.15, 0.2) is 24.5 Å². The Morgan fingerprint density at radius 1 is 1.33 bits per heavy atom. The van der Waals surface area contributed by atoms with Gasteiger partial charge in [0.1, 0.15) is 5.82 Å². The lowest BCUT2D eigenvalue weighted by molar-refractivity contribution is 0.618. The number of nitrogens with zero attached hydrogens (tertiary/aromatic N) is 2. The van der Waals surface area contributed by atoms with Crippen LogP contribution >= 0.6 is 45.2 Å². The summed E-state index contributed by atoms with van der Waals surface area (Å²) in [6.07, 6.45) is 3.48. The van der Waals surface area contributed by atoms with Gasteiger partial charge in [-0.3, -0.25) is 0 Å². The van der Waals surface area contributed by atoms with E-state index in [1.807, 2.05) is 22.6 Å². The van der Waals surface area contributed by atoms with Crippen LogP contribution in [0.1, 0.15) is 0 Å². The molecule has 2 aromatic rings. The summed E-state index contributed by atoms with van der Waals surface area (Å²) in [5, 5.41) is 4.08. The second kappa shape index (κ2) is 4.24. The van der Waals surface area contributed by atoms with E-state index in [1.165, 1.54) is 6.07 Å². The van der Waals surface area contributed by atoms with Gasteiger partial charge in [-0.25, -0.2) is 9.07 Å². The van der Waals surface area contributed by atoms with Crippen molar-refractivity contribution >= 4 is 50.9 Å². The average Bonchev–Trinajstić information content (AvgIpc) is 2.58. The standard InChI is InChI=1S/C9H6FI2N3/c10-6-1-9(8(13)2-7(6)12)15-4-5(11)3-14-15/h1-4H,13H2. The van der Waals surface area contributed by atoms with Gasteiger partial charge in [0.15, 0.2) is 0 Å². The largest absolute Gasteiger partial charge is 0.397 e. The number of nitrogens with two attached hydrogens (primary N) is 1. The normalized spacial score (nSPS) is 10.6. The van der Waals surface area contributed by atoms with Gasteiger partial charge < -0.3 is 5.73 Å². The molecule has 15 heavy (non-hydrogen) atoms. The van der Waals surface area contributed by atoms with Gasteiger partial charge in [0.2, 0.25) is 0 Å². The Hall–Kier alpha value is -0.380. The van der Waals surface area contributed by atoms with Gasteiger partial charge in [0, 0.05) is 12.3 Å². The highest BCUT2D eigenvalue weighted by molar-refractivity contribution is 14.1. The fourth-order valence-corrected chi connectivity index (χ4v) is 2.06. The molecule has 6 heteroatoms. The fraction of sp³-hybridized carbons (Fsp3) is 0. The van der Waals surface area contributed by atoms with Crippen LogP contribution in [0.25, 0.3) is 5.69 Å². The predicted molar refractivity (Wildman–Crippen MR) is 73.4 cm³/mol. The first-order valence-corrected chi connectivity index (χ1v) is 6.19. The van der Waals surface area contributed by atoms with Gasteiger partial charge in [0.25, 0.3) is 0 Å². The van der Waals surface area contributed by atoms with E-state index in [2.05, 4.69) is 27.7 Å². The second-order valence-corrected chi connectivity index (χ2v) is 5.34. The summed E-state index contributed by atoms with van der Waals surface area (Å²) in [5.74, 6) is -0.287. The van der Waals surface area contributed by atoms with Crippen molar-refractivity contribution in [3.8, 4) is 5.69 Å². The molecule has 0 bridgehead atoms. The van der Waals surface area contributed by atoms with Gasteiger partial charge in [0.05, 0.1) is 24.7 Å². The Morgan fingerprint density at radius 3 is 2.67 bits per heavy atom. The van der Waals surface area contributed by atoms with Crippen LogP contribution in [-0.2, 0) is 0 Å². The van der Waals surface area contributed by atoms with Crippen molar-refractivity contribution in [3.05, 3.63) is 37.5 Å². The summed E-state index contributed by atoms with van der Waals surface area (Å²) in [4.78, 5) is 0. The summed E-state index contributed by atoms with van der Waals surface area (Å²) in [6, 6.07) is 2.99. The third kappa shape index (κ3) is 2.25. The summed E-state index contributed by atoms with van der Waals surface area (Å²) in [7, 11) is 0. The third-order valence-electron chi connectivity index (χ3n) is 1.87. The minimum Gasteiger partial charge on any atom is -0.397 e. The van der Waals surface area contributed by atoms with E-state index in [-0.39, 0.29) is 5.82 Å². The van der Waals surface area contributed by atoms with Crippen LogP contribution < -0.4 is 5.73 Å². The van der Waals surface area contributed by atoms with Crippen molar-refractivity contribution in [1.29, 1.82) is 0 Å². The molecule has 0 saturated heterocycles. The zero-order valence-corrected chi connectivity index (χ0v) is 11.7. The molecule has 3 nitrogen and oxygen atoms in total. The van der Waals surface area contributed by atoms with Crippen molar-refractivity contribution in [2.45, 2.75) is 0 Å². The Morgan fingerprint density at radius 2 is 2.07 bits per heavy atom. The van der Waals surface area contributed by atoms with Crippen molar-refractivity contribution in [2.24, 2.45) is 0 Å². The highest BCUT2D eigenvalue weighted by atomic mass is 127. The van der Waals surface area contributed by atoms with Crippen LogP contribution in [0.3, 0.4) is 0 Å². The number of hydrogen-bond acceptors (Lipinski definition) is 2. The van der Waals surface area contributed by atoms with Gasteiger partial charge in [-0.1, -0.05) is 0 Å². The molecule has 1 heterocycles. The number of rotatable bonds is 1. The number of hydrogen-bond donors (Lipinski definition) is 1. The van der Waals surface area contributed by atoms with Crippen molar-refractivity contribution < 1.29 is 4.39 Å². The third-order valence-corrected chi connectivity index (χ3v) is 3.25. The number of nitrogen functional groups attached to an aromatic ring is 1. The molecule has 0 amide bonds. The summed E-state index contributed by atoms with van der Waals surface area (Å²) in [6.45, 7) is 0. The van der Waals surface area contributed by atoms with E-state index in [0.717, 1.165) is 3.57 Å². The smallest absolute Gasteiger partial charge is 0.138 e. The molecule has 0 radical (unpaired) electrons. The average molecular weight is 429 g/mol. The molecule has 0 atom stereocenters. The Labute approximate surface area is 113 Å². The lowest BCUT2D eigenvalue weighted by Crippen LogP contribution is -2.02. The molecule has 0 aliphatic carbocycles. The molecule has 0 saturated carbocycles. The molecule has 0 aliphatic heterocycles. The fourth-order valence-electron chi connectivity index (χ4n) is 1.18. The lowest BCUT2D eigenvalue weighted by Gasteiger charge is -2.06. The van der Waals surface area contributed by atoms with Crippen molar-refractivity contribution in [1.82, 2.24) is 9.78 Å². The molecule has 2 N–H and O–H groups in total. The zero-order chi connectivity index (χ0) is 11.0. The predicted octanol–water partition coefficient (Wildman–Crippen LogP) is 2.80. The van der Waals surface area contributed by atoms with E-state index < -0.39 is 0 Å².